The highest BCUT2D eigenvalue weighted by molar-refractivity contribution is 5.93. The van der Waals surface area contributed by atoms with Crippen LogP contribution < -0.4 is 0 Å². The highest BCUT2D eigenvalue weighted by Crippen LogP contribution is 2.70. The lowest BCUT2D eigenvalue weighted by molar-refractivity contribution is -0.362. The van der Waals surface area contributed by atoms with Gasteiger partial charge in [-0.3, -0.25) is 9.69 Å². The highest BCUT2D eigenvalue weighted by atomic mass is 19.4. The Morgan fingerprint density at radius 3 is 2.26 bits per heavy atom. The number of hydrogen-bond donors (Lipinski definition) is 1. The molecule has 4 aliphatic carbocycles. The second-order valence-corrected chi connectivity index (χ2v) is 15.5. The second kappa shape index (κ2) is 11.7. The maximum atomic E-state index is 15.3. The Balaban J connectivity index is 1.28. The van der Waals surface area contributed by atoms with Crippen molar-refractivity contribution < 1.29 is 41.4 Å². The van der Waals surface area contributed by atoms with Crippen LogP contribution in [0.5, 0.6) is 0 Å². The van der Waals surface area contributed by atoms with Gasteiger partial charge in [0.2, 0.25) is 0 Å². The highest BCUT2D eigenvalue weighted by Gasteiger charge is 2.79. The Bertz CT molecular complexity index is 1470. The van der Waals surface area contributed by atoms with E-state index in [1.54, 1.807) is 11.0 Å². The first-order chi connectivity index (χ1) is 21.8. The summed E-state index contributed by atoms with van der Waals surface area (Å²) >= 11 is 0. The van der Waals surface area contributed by atoms with Crippen molar-refractivity contribution in [3.05, 3.63) is 58.2 Å². The van der Waals surface area contributed by atoms with E-state index in [4.69, 9.17) is 4.74 Å². The third kappa shape index (κ3) is 5.83. The Morgan fingerprint density at radius 2 is 1.64 bits per heavy atom. The number of ketones is 1. The number of alkyl halides is 5. The summed E-state index contributed by atoms with van der Waals surface area (Å²) in [5.74, 6) is -6.45. The average Bonchev–Trinajstić information content (AvgIpc) is 3.27. The van der Waals surface area contributed by atoms with Crippen LogP contribution in [0.15, 0.2) is 47.1 Å². The van der Waals surface area contributed by atoms with E-state index in [0.29, 0.717) is 58.4 Å². The van der Waals surface area contributed by atoms with Crippen LogP contribution in [0.2, 0.25) is 0 Å². The number of carbonyl (C=O) groups excluding carboxylic acids is 2. The van der Waals surface area contributed by atoms with Gasteiger partial charge in [-0.15, -0.1) is 0 Å². The normalized spacial score (nSPS) is 32.0. The molecule has 1 aromatic rings. The predicted molar refractivity (Wildman–Crippen MR) is 166 cm³/mol. The fraction of sp³-hybridized carbons (Fsp3) is 0.667. The fourth-order valence-electron chi connectivity index (χ4n) is 9.24. The van der Waals surface area contributed by atoms with Crippen molar-refractivity contribution in [2.24, 2.45) is 17.3 Å². The number of aliphatic hydroxyl groups is 1. The zero-order valence-electron chi connectivity index (χ0n) is 27.6. The predicted octanol–water partition coefficient (Wildman–Crippen LogP) is 7.57. The molecule has 1 heterocycles. The summed E-state index contributed by atoms with van der Waals surface area (Å²) in [6.07, 6.45) is -3.09. The third-order valence-corrected chi connectivity index (χ3v) is 11.6. The standard InChI is InChI=1S/C36H45F5N2O4/c1-32(2,3)47-31(45)43-17-15-42(16-18-43)21-22-5-7-23(8-6-22)28-20-33(4)29(13-14-34(33,46)35(37,38)36(39,40)41)27-11-9-24-19-25(44)10-12-26(24)30(27)28/h5-8,19,27-29,46H,9-18,20-21H2,1-4H3/t27?,28-,29?,33+,34-/m1/s1. The van der Waals surface area contributed by atoms with Crippen LogP contribution in [-0.2, 0) is 16.1 Å². The summed E-state index contributed by atoms with van der Waals surface area (Å²) < 4.78 is 77.5. The van der Waals surface area contributed by atoms with E-state index in [-0.39, 0.29) is 30.6 Å². The number of piperazine rings is 1. The molecule has 258 valence electrons. The van der Waals surface area contributed by atoms with Gasteiger partial charge in [0, 0.05) is 50.5 Å². The van der Waals surface area contributed by atoms with E-state index >= 15 is 8.78 Å². The van der Waals surface area contributed by atoms with Crippen molar-refractivity contribution in [1.82, 2.24) is 9.80 Å². The number of carbonyl (C=O) groups is 2. The number of fused-ring (bicyclic) bond motifs is 4. The van der Waals surface area contributed by atoms with Gasteiger partial charge in [-0.05, 0) is 99.5 Å². The van der Waals surface area contributed by atoms with E-state index in [2.05, 4.69) is 4.90 Å². The Morgan fingerprint density at radius 1 is 0.979 bits per heavy atom. The Kier molecular flexibility index (Phi) is 8.47. The van der Waals surface area contributed by atoms with Crippen molar-refractivity contribution in [1.29, 1.82) is 0 Å². The molecule has 3 fully saturated rings. The van der Waals surface area contributed by atoms with Crippen LogP contribution in [0.25, 0.3) is 0 Å². The van der Waals surface area contributed by atoms with E-state index < -0.39 is 47.0 Å². The van der Waals surface area contributed by atoms with E-state index in [1.165, 1.54) is 6.92 Å². The molecule has 11 heteroatoms. The molecule has 6 rings (SSSR count). The van der Waals surface area contributed by atoms with Crippen LogP contribution in [0.4, 0.5) is 26.7 Å². The van der Waals surface area contributed by atoms with Crippen molar-refractivity contribution >= 4 is 11.9 Å². The van der Waals surface area contributed by atoms with Crippen molar-refractivity contribution in [2.75, 3.05) is 26.2 Å². The topological polar surface area (TPSA) is 70.1 Å². The molecular weight excluding hydrogens is 619 g/mol. The molecule has 6 nitrogen and oxygen atoms in total. The van der Waals surface area contributed by atoms with Crippen LogP contribution in [0.1, 0.15) is 89.7 Å². The van der Waals surface area contributed by atoms with Gasteiger partial charge in [-0.2, -0.15) is 22.0 Å². The monoisotopic (exact) mass is 664 g/mol. The first-order valence-corrected chi connectivity index (χ1v) is 16.8. The summed E-state index contributed by atoms with van der Waals surface area (Å²) in [5.41, 5.74) is -0.567. The van der Waals surface area contributed by atoms with Crippen molar-refractivity contribution in [3.8, 4) is 0 Å². The molecule has 1 saturated heterocycles. The van der Waals surface area contributed by atoms with E-state index in [1.807, 2.05) is 45.0 Å². The Hall–Kier alpha value is -2.79. The molecule has 5 aliphatic rings. The maximum Gasteiger partial charge on any atom is 0.456 e. The minimum Gasteiger partial charge on any atom is -0.444 e. The minimum absolute atomic E-state index is 0.0393. The first kappa shape index (κ1) is 34.1. The summed E-state index contributed by atoms with van der Waals surface area (Å²) in [4.78, 5) is 28.7. The quantitative estimate of drug-likeness (QED) is 0.337. The van der Waals surface area contributed by atoms with Crippen molar-refractivity contribution in [3.63, 3.8) is 0 Å². The first-order valence-electron chi connectivity index (χ1n) is 16.8. The molecule has 1 aliphatic heterocycles. The summed E-state index contributed by atoms with van der Waals surface area (Å²) in [6, 6.07) is 7.82. The van der Waals surface area contributed by atoms with Gasteiger partial charge in [0.1, 0.15) is 11.2 Å². The summed E-state index contributed by atoms with van der Waals surface area (Å²) in [6.45, 7) is 9.99. The molecule has 1 amide bonds. The number of rotatable bonds is 4. The van der Waals surface area contributed by atoms with Gasteiger partial charge in [0.25, 0.3) is 0 Å². The maximum absolute atomic E-state index is 15.3. The molecule has 0 bridgehead atoms. The van der Waals surface area contributed by atoms with Crippen LogP contribution in [-0.4, -0.2) is 76.3 Å². The molecule has 1 aromatic carbocycles. The molecule has 2 saturated carbocycles. The molecule has 47 heavy (non-hydrogen) atoms. The van der Waals surface area contributed by atoms with Gasteiger partial charge in [0.05, 0.1) is 0 Å². The van der Waals surface area contributed by atoms with Gasteiger partial charge >= 0.3 is 18.2 Å². The average molecular weight is 665 g/mol. The van der Waals surface area contributed by atoms with Crippen molar-refractivity contribution in [2.45, 2.75) is 108 Å². The van der Waals surface area contributed by atoms with Gasteiger partial charge < -0.3 is 14.7 Å². The second-order valence-electron chi connectivity index (χ2n) is 15.5. The van der Waals surface area contributed by atoms with Gasteiger partial charge in [0.15, 0.2) is 5.78 Å². The van der Waals surface area contributed by atoms with Gasteiger partial charge in [-0.1, -0.05) is 36.8 Å². The molecular formula is C36H45F5N2O4. The zero-order valence-corrected chi connectivity index (χ0v) is 27.6. The lowest BCUT2D eigenvalue weighted by atomic mass is 9.50. The molecule has 2 unspecified atom stereocenters. The lowest BCUT2D eigenvalue weighted by Crippen LogP contribution is -2.65. The number of nitrogens with zero attached hydrogens (tertiary/aromatic N) is 2. The number of halogens is 5. The SMILES string of the molecule is CC(C)(C)OC(=O)N1CCN(Cc2ccc([C@H]3C[C@@]4(C)C(CC[C@]4(O)C(F)(F)C(F)(F)F)C4CCC5=CC(=O)CCC5=C43)cc2)CC1. The van der Waals surface area contributed by atoms with E-state index in [0.717, 1.165) is 27.8 Å². The number of benzene rings is 1. The molecule has 5 atom stereocenters. The zero-order chi connectivity index (χ0) is 34.2. The third-order valence-electron chi connectivity index (χ3n) is 11.6. The van der Waals surface area contributed by atoms with E-state index in [9.17, 15) is 27.9 Å². The number of allylic oxidation sites excluding steroid dienone is 4. The molecule has 0 spiro atoms. The fourth-order valence-corrected chi connectivity index (χ4v) is 9.24. The number of ether oxygens (including phenoxy) is 1. The summed E-state index contributed by atoms with van der Waals surface area (Å²) in [5, 5.41) is 11.5. The largest absolute Gasteiger partial charge is 0.456 e. The Labute approximate surface area is 273 Å². The number of hydrogen-bond acceptors (Lipinski definition) is 5. The molecule has 0 radical (unpaired) electrons. The minimum atomic E-state index is -5.87. The number of amides is 1. The lowest BCUT2D eigenvalue weighted by Gasteiger charge is -2.56. The van der Waals surface area contributed by atoms with Crippen LogP contribution in [0, 0.1) is 17.3 Å². The molecule has 0 aromatic heterocycles. The summed E-state index contributed by atoms with van der Waals surface area (Å²) in [7, 11) is 0. The van der Waals surface area contributed by atoms with Crippen LogP contribution >= 0.6 is 0 Å². The smallest absolute Gasteiger partial charge is 0.444 e. The van der Waals surface area contributed by atoms with Gasteiger partial charge in [-0.25, -0.2) is 4.79 Å². The molecule has 1 N–H and O–H groups in total. The van der Waals surface area contributed by atoms with Crippen LogP contribution in [0.3, 0.4) is 0 Å².